The topological polar surface area (TPSA) is 74.7 Å². The van der Waals surface area contributed by atoms with E-state index in [1.54, 1.807) is 42.7 Å². The number of aldehydes is 1. The molecule has 2 aromatic heterocycles. The van der Waals surface area contributed by atoms with Crippen LogP contribution in [0.5, 0.6) is 11.5 Å². The predicted molar refractivity (Wildman–Crippen MR) is 81.5 cm³/mol. The van der Waals surface area contributed by atoms with Crippen LogP contribution >= 0.6 is 0 Å². The number of carbonyl (C=O) groups is 1. The molecule has 0 unspecified atom stereocenters. The SMILES string of the molecule is CCOc1cc(C=O)ccc1OCc1cc(-c2ccco2)on1. The fraction of sp³-hybridized carbons (Fsp3) is 0.176. The molecule has 6 heteroatoms. The smallest absolute Gasteiger partial charge is 0.202 e. The van der Waals surface area contributed by atoms with Gasteiger partial charge in [-0.05, 0) is 37.3 Å². The summed E-state index contributed by atoms with van der Waals surface area (Å²) in [5, 5.41) is 3.94. The second-order valence-corrected chi connectivity index (χ2v) is 4.71. The van der Waals surface area contributed by atoms with E-state index in [-0.39, 0.29) is 6.61 Å². The van der Waals surface area contributed by atoms with Gasteiger partial charge in [-0.15, -0.1) is 0 Å². The molecule has 0 aliphatic rings. The second kappa shape index (κ2) is 6.83. The van der Waals surface area contributed by atoms with Gasteiger partial charge in [-0.25, -0.2) is 0 Å². The quantitative estimate of drug-likeness (QED) is 0.619. The Morgan fingerprint density at radius 2 is 2.04 bits per heavy atom. The third kappa shape index (κ3) is 3.42. The molecule has 0 N–H and O–H groups in total. The van der Waals surface area contributed by atoms with Crippen LogP contribution in [0, 0.1) is 0 Å². The maximum atomic E-state index is 10.8. The molecular weight excluding hydrogens is 298 g/mol. The normalized spacial score (nSPS) is 10.5. The van der Waals surface area contributed by atoms with E-state index in [1.165, 1.54) is 0 Å². The average Bonchev–Trinajstić information content (AvgIpc) is 3.25. The average molecular weight is 313 g/mol. The van der Waals surface area contributed by atoms with Crippen molar-refractivity contribution in [3.8, 4) is 23.0 Å². The summed E-state index contributed by atoms with van der Waals surface area (Å²) in [5.74, 6) is 2.20. The highest BCUT2D eigenvalue weighted by molar-refractivity contribution is 5.76. The molecule has 0 atom stereocenters. The highest BCUT2D eigenvalue weighted by atomic mass is 16.5. The number of carbonyl (C=O) groups excluding carboxylic acids is 1. The first kappa shape index (κ1) is 14.9. The molecular formula is C17H15NO5. The van der Waals surface area contributed by atoms with Gasteiger partial charge >= 0.3 is 0 Å². The molecule has 0 spiro atoms. The van der Waals surface area contributed by atoms with Gasteiger partial charge in [0.05, 0.1) is 12.9 Å². The van der Waals surface area contributed by atoms with Crippen LogP contribution in [0.1, 0.15) is 23.0 Å². The molecule has 0 bridgehead atoms. The van der Waals surface area contributed by atoms with Crippen LogP contribution in [0.2, 0.25) is 0 Å². The third-order valence-electron chi connectivity index (χ3n) is 3.10. The Hall–Kier alpha value is -3.02. The van der Waals surface area contributed by atoms with Gasteiger partial charge in [-0.3, -0.25) is 4.79 Å². The first-order chi connectivity index (χ1) is 11.3. The number of benzene rings is 1. The van der Waals surface area contributed by atoms with Crippen molar-refractivity contribution < 1.29 is 23.2 Å². The fourth-order valence-electron chi connectivity index (χ4n) is 2.05. The molecule has 1 aromatic carbocycles. The number of aromatic nitrogens is 1. The van der Waals surface area contributed by atoms with E-state index in [1.807, 2.05) is 6.92 Å². The lowest BCUT2D eigenvalue weighted by Gasteiger charge is -2.11. The van der Waals surface area contributed by atoms with Gasteiger partial charge in [0.1, 0.15) is 18.6 Å². The molecule has 118 valence electrons. The first-order valence-electron chi connectivity index (χ1n) is 7.14. The lowest BCUT2D eigenvalue weighted by molar-refractivity contribution is 0.112. The van der Waals surface area contributed by atoms with Gasteiger partial charge in [-0.1, -0.05) is 5.16 Å². The van der Waals surface area contributed by atoms with Crippen LogP contribution in [0.3, 0.4) is 0 Å². The maximum absolute atomic E-state index is 10.8. The Morgan fingerprint density at radius 3 is 2.78 bits per heavy atom. The van der Waals surface area contributed by atoms with Crippen molar-refractivity contribution in [3.63, 3.8) is 0 Å². The standard InChI is InChI=1S/C17H15NO5/c1-2-20-16-8-12(10-19)5-6-15(16)22-11-13-9-17(23-18-13)14-4-3-7-21-14/h3-10H,2,11H2,1H3. The Labute approximate surface area is 132 Å². The minimum absolute atomic E-state index is 0.213. The number of hydrogen-bond donors (Lipinski definition) is 0. The summed E-state index contributed by atoms with van der Waals surface area (Å²) in [7, 11) is 0. The molecule has 3 rings (SSSR count). The zero-order valence-corrected chi connectivity index (χ0v) is 12.5. The van der Waals surface area contributed by atoms with Crippen molar-refractivity contribution in [2.45, 2.75) is 13.5 Å². The van der Waals surface area contributed by atoms with E-state index in [4.69, 9.17) is 18.4 Å². The summed E-state index contributed by atoms with van der Waals surface area (Å²) in [5.41, 5.74) is 1.15. The van der Waals surface area contributed by atoms with Crippen LogP contribution in [0.15, 0.2) is 51.6 Å². The van der Waals surface area contributed by atoms with Crippen molar-refractivity contribution >= 4 is 6.29 Å². The Morgan fingerprint density at radius 1 is 1.13 bits per heavy atom. The van der Waals surface area contributed by atoms with Gasteiger partial charge in [0, 0.05) is 11.6 Å². The molecule has 6 nitrogen and oxygen atoms in total. The van der Waals surface area contributed by atoms with Crippen molar-refractivity contribution in [2.24, 2.45) is 0 Å². The van der Waals surface area contributed by atoms with Crippen LogP contribution in [-0.2, 0) is 6.61 Å². The van der Waals surface area contributed by atoms with Crippen molar-refractivity contribution in [3.05, 3.63) is 53.9 Å². The molecule has 0 saturated heterocycles. The molecule has 0 aliphatic carbocycles. The minimum Gasteiger partial charge on any atom is -0.490 e. The first-order valence-corrected chi connectivity index (χ1v) is 7.14. The van der Waals surface area contributed by atoms with Crippen LogP contribution < -0.4 is 9.47 Å². The Kier molecular flexibility index (Phi) is 4.42. The number of rotatable bonds is 7. The van der Waals surface area contributed by atoms with Crippen LogP contribution in [-0.4, -0.2) is 18.0 Å². The predicted octanol–water partition coefficient (Wildman–Crippen LogP) is 3.72. The molecule has 0 aliphatic heterocycles. The van der Waals surface area contributed by atoms with Crippen molar-refractivity contribution in [1.29, 1.82) is 0 Å². The van der Waals surface area contributed by atoms with Crippen LogP contribution in [0.25, 0.3) is 11.5 Å². The molecule has 0 radical (unpaired) electrons. The van der Waals surface area contributed by atoms with E-state index in [2.05, 4.69) is 5.16 Å². The molecule has 0 saturated carbocycles. The number of ether oxygens (including phenoxy) is 2. The summed E-state index contributed by atoms with van der Waals surface area (Å²) in [6.45, 7) is 2.56. The van der Waals surface area contributed by atoms with Gasteiger partial charge in [0.25, 0.3) is 0 Å². The highest BCUT2D eigenvalue weighted by Crippen LogP contribution is 2.29. The second-order valence-electron chi connectivity index (χ2n) is 4.71. The molecule has 2 heterocycles. The summed E-state index contributed by atoms with van der Waals surface area (Å²) < 4.78 is 21.7. The lowest BCUT2D eigenvalue weighted by atomic mass is 10.2. The summed E-state index contributed by atoms with van der Waals surface area (Å²) in [6, 6.07) is 10.3. The van der Waals surface area contributed by atoms with E-state index < -0.39 is 0 Å². The molecule has 3 aromatic rings. The monoisotopic (exact) mass is 313 g/mol. The van der Waals surface area contributed by atoms with E-state index >= 15 is 0 Å². The number of hydrogen-bond acceptors (Lipinski definition) is 6. The molecule has 0 amide bonds. The van der Waals surface area contributed by atoms with E-state index in [0.29, 0.717) is 40.9 Å². The van der Waals surface area contributed by atoms with E-state index in [9.17, 15) is 4.79 Å². The van der Waals surface area contributed by atoms with Gasteiger partial charge in [0.2, 0.25) is 5.76 Å². The minimum atomic E-state index is 0.213. The maximum Gasteiger partial charge on any atom is 0.202 e. The van der Waals surface area contributed by atoms with Gasteiger partial charge < -0.3 is 18.4 Å². The van der Waals surface area contributed by atoms with Crippen LogP contribution in [0.4, 0.5) is 0 Å². The highest BCUT2D eigenvalue weighted by Gasteiger charge is 2.11. The fourth-order valence-corrected chi connectivity index (χ4v) is 2.05. The summed E-state index contributed by atoms with van der Waals surface area (Å²) in [4.78, 5) is 10.8. The largest absolute Gasteiger partial charge is 0.490 e. The molecule has 0 fully saturated rings. The zero-order valence-electron chi connectivity index (χ0n) is 12.5. The third-order valence-corrected chi connectivity index (χ3v) is 3.10. The number of furan rings is 1. The van der Waals surface area contributed by atoms with E-state index in [0.717, 1.165) is 6.29 Å². The Balaban J connectivity index is 1.72. The van der Waals surface area contributed by atoms with Gasteiger partial charge in [0.15, 0.2) is 17.3 Å². The lowest BCUT2D eigenvalue weighted by Crippen LogP contribution is -2.00. The Bertz CT molecular complexity index is 776. The number of nitrogens with zero attached hydrogens (tertiary/aromatic N) is 1. The van der Waals surface area contributed by atoms with Gasteiger partial charge in [-0.2, -0.15) is 0 Å². The summed E-state index contributed by atoms with van der Waals surface area (Å²) >= 11 is 0. The summed E-state index contributed by atoms with van der Waals surface area (Å²) in [6.07, 6.45) is 2.33. The zero-order chi connectivity index (χ0) is 16.1. The molecule has 23 heavy (non-hydrogen) atoms. The van der Waals surface area contributed by atoms with Crippen molar-refractivity contribution in [2.75, 3.05) is 6.61 Å². The van der Waals surface area contributed by atoms with Crippen molar-refractivity contribution in [1.82, 2.24) is 5.16 Å².